The Balaban J connectivity index is 1.50. The first kappa shape index (κ1) is 22.3. The topological polar surface area (TPSA) is 95.6 Å². The molecule has 2 N–H and O–H groups in total. The molecule has 30 heavy (non-hydrogen) atoms. The van der Waals surface area contributed by atoms with Crippen molar-refractivity contribution in [3.05, 3.63) is 65.7 Å². The van der Waals surface area contributed by atoms with Crippen molar-refractivity contribution < 1.29 is 18.0 Å². The minimum atomic E-state index is -3.52. The summed E-state index contributed by atoms with van der Waals surface area (Å²) in [5, 5.41) is -0.349. The average molecular weight is 448 g/mol. The molecule has 0 spiro atoms. The molecule has 2 amide bonds. The Bertz CT molecular complexity index is 973. The average Bonchev–Trinajstić information content (AvgIpc) is 3.32. The van der Waals surface area contributed by atoms with E-state index in [0.29, 0.717) is 18.8 Å². The van der Waals surface area contributed by atoms with Crippen molar-refractivity contribution in [1.82, 2.24) is 15.2 Å². The van der Waals surface area contributed by atoms with Crippen LogP contribution in [0, 0.1) is 0 Å². The van der Waals surface area contributed by atoms with Gasteiger partial charge in [0.2, 0.25) is 10.0 Å². The summed E-state index contributed by atoms with van der Waals surface area (Å²) in [5.74, 6) is -0.123. The second-order valence-corrected chi connectivity index (χ2v) is 10.3. The summed E-state index contributed by atoms with van der Waals surface area (Å²) in [5.41, 5.74) is 6.18. The van der Waals surface area contributed by atoms with E-state index >= 15 is 0 Å². The molecule has 1 unspecified atom stereocenters. The number of thioether (sulfide) groups is 1. The molecule has 1 aliphatic rings. The van der Waals surface area contributed by atoms with Gasteiger partial charge in [-0.3, -0.25) is 20.4 Å². The number of carbonyl (C=O) groups is 2. The molecule has 1 fully saturated rings. The molecule has 1 atom stereocenters. The first-order valence-electron chi connectivity index (χ1n) is 9.74. The van der Waals surface area contributed by atoms with E-state index in [1.807, 2.05) is 30.3 Å². The lowest BCUT2D eigenvalue weighted by molar-refractivity contribution is -0.121. The number of sulfonamides is 1. The van der Waals surface area contributed by atoms with Gasteiger partial charge in [-0.25, -0.2) is 8.42 Å². The monoisotopic (exact) mass is 447 g/mol. The van der Waals surface area contributed by atoms with Gasteiger partial charge < -0.3 is 0 Å². The molecule has 1 saturated heterocycles. The van der Waals surface area contributed by atoms with Crippen LogP contribution in [0.2, 0.25) is 0 Å². The highest BCUT2D eigenvalue weighted by atomic mass is 32.2. The molecule has 0 radical (unpaired) electrons. The van der Waals surface area contributed by atoms with E-state index in [1.165, 1.54) is 40.3 Å². The minimum Gasteiger partial charge on any atom is -0.272 e. The second kappa shape index (κ2) is 10.1. The number of benzene rings is 2. The zero-order valence-corrected chi connectivity index (χ0v) is 18.3. The van der Waals surface area contributed by atoms with Crippen LogP contribution in [0.25, 0.3) is 0 Å². The molecule has 1 heterocycles. The Morgan fingerprint density at radius 2 is 1.63 bits per heavy atom. The first-order chi connectivity index (χ1) is 14.4. The highest BCUT2D eigenvalue weighted by molar-refractivity contribution is 7.99. The van der Waals surface area contributed by atoms with Gasteiger partial charge in [-0.05, 0) is 49.6 Å². The smallest absolute Gasteiger partial charge is 0.269 e. The van der Waals surface area contributed by atoms with Crippen LogP contribution < -0.4 is 10.9 Å². The molecule has 9 heteroatoms. The van der Waals surface area contributed by atoms with E-state index in [9.17, 15) is 18.0 Å². The Morgan fingerprint density at radius 1 is 1.00 bits per heavy atom. The molecule has 0 aromatic heterocycles. The Morgan fingerprint density at radius 3 is 2.27 bits per heavy atom. The van der Waals surface area contributed by atoms with Crippen molar-refractivity contribution in [3.63, 3.8) is 0 Å². The van der Waals surface area contributed by atoms with E-state index in [2.05, 4.69) is 10.9 Å². The van der Waals surface area contributed by atoms with Gasteiger partial charge in [-0.15, -0.1) is 11.8 Å². The van der Waals surface area contributed by atoms with Crippen LogP contribution in [-0.2, 0) is 20.6 Å². The van der Waals surface area contributed by atoms with E-state index < -0.39 is 15.9 Å². The van der Waals surface area contributed by atoms with Crippen LogP contribution in [-0.4, -0.2) is 42.9 Å². The van der Waals surface area contributed by atoms with Gasteiger partial charge in [-0.2, -0.15) is 4.31 Å². The van der Waals surface area contributed by atoms with Crippen LogP contribution in [0.3, 0.4) is 0 Å². The largest absolute Gasteiger partial charge is 0.272 e. The fourth-order valence-corrected chi connectivity index (χ4v) is 5.38. The number of amides is 2. The third-order valence-electron chi connectivity index (χ3n) is 4.83. The van der Waals surface area contributed by atoms with Gasteiger partial charge in [0.25, 0.3) is 11.8 Å². The zero-order valence-electron chi connectivity index (χ0n) is 16.7. The zero-order chi connectivity index (χ0) is 21.6. The Hall–Kier alpha value is -2.36. The maximum absolute atomic E-state index is 12.5. The quantitative estimate of drug-likeness (QED) is 0.636. The molecular formula is C21H25N3O4S2. The predicted octanol–water partition coefficient (Wildman–Crippen LogP) is 2.55. The lowest BCUT2D eigenvalue weighted by Gasteiger charge is -2.16. The minimum absolute atomic E-state index is 0.163. The van der Waals surface area contributed by atoms with Crippen molar-refractivity contribution in [2.45, 2.75) is 35.7 Å². The summed E-state index contributed by atoms with van der Waals surface area (Å²) in [6.07, 6.45) is 1.73. The molecule has 160 valence electrons. The molecule has 1 aliphatic heterocycles. The number of hydrogen-bond donors (Lipinski definition) is 2. The van der Waals surface area contributed by atoms with Gasteiger partial charge in [-0.1, -0.05) is 30.3 Å². The molecule has 2 aromatic carbocycles. The molecule has 7 nitrogen and oxygen atoms in total. The van der Waals surface area contributed by atoms with Gasteiger partial charge >= 0.3 is 0 Å². The maximum Gasteiger partial charge on any atom is 0.269 e. The summed E-state index contributed by atoms with van der Waals surface area (Å²) in [4.78, 5) is 24.6. The number of hydrazine groups is 1. The van der Waals surface area contributed by atoms with E-state index in [4.69, 9.17) is 0 Å². The molecular weight excluding hydrogens is 422 g/mol. The molecule has 2 aromatic rings. The summed E-state index contributed by atoms with van der Waals surface area (Å²) in [6.45, 7) is 2.82. The number of nitrogens with one attached hydrogen (secondary N) is 2. The van der Waals surface area contributed by atoms with Crippen molar-refractivity contribution >= 4 is 33.6 Å². The van der Waals surface area contributed by atoms with Gasteiger partial charge in [0.15, 0.2) is 0 Å². The van der Waals surface area contributed by atoms with E-state index in [1.54, 1.807) is 6.92 Å². The second-order valence-electron chi connectivity index (χ2n) is 7.02. The van der Waals surface area contributed by atoms with Crippen LogP contribution in [0.15, 0.2) is 59.5 Å². The SMILES string of the molecule is CC(SCc1ccccc1)C(=O)NNC(=O)c1ccc(S(=O)(=O)N2CCCC2)cc1. The first-order valence-corrected chi connectivity index (χ1v) is 12.2. The standard InChI is InChI=1S/C21H25N3O4S2/c1-16(29-15-17-7-3-2-4-8-17)20(25)22-23-21(26)18-9-11-19(12-10-18)30(27,28)24-13-5-6-14-24/h2-4,7-12,16H,5-6,13-15H2,1H3,(H,22,25)(H,23,26). The fraction of sp³-hybridized carbons (Fsp3) is 0.333. The van der Waals surface area contributed by atoms with Crippen molar-refractivity contribution in [2.24, 2.45) is 0 Å². The Labute approximate surface area is 181 Å². The van der Waals surface area contributed by atoms with Crippen LogP contribution in [0.5, 0.6) is 0 Å². The van der Waals surface area contributed by atoms with Crippen molar-refractivity contribution in [2.75, 3.05) is 13.1 Å². The third-order valence-corrected chi connectivity index (χ3v) is 7.96. The van der Waals surface area contributed by atoms with Gasteiger partial charge in [0.05, 0.1) is 10.1 Å². The summed E-state index contributed by atoms with van der Waals surface area (Å²) in [7, 11) is -3.52. The fourth-order valence-electron chi connectivity index (χ4n) is 3.02. The van der Waals surface area contributed by atoms with Crippen molar-refractivity contribution in [3.8, 4) is 0 Å². The Kier molecular flexibility index (Phi) is 7.52. The van der Waals surface area contributed by atoms with Crippen LogP contribution in [0.1, 0.15) is 35.7 Å². The van der Waals surface area contributed by atoms with E-state index in [-0.39, 0.29) is 21.6 Å². The number of nitrogens with zero attached hydrogens (tertiary/aromatic N) is 1. The molecule has 3 rings (SSSR count). The van der Waals surface area contributed by atoms with Crippen LogP contribution in [0.4, 0.5) is 0 Å². The number of hydrogen-bond acceptors (Lipinski definition) is 5. The highest BCUT2D eigenvalue weighted by Crippen LogP contribution is 2.21. The summed E-state index contributed by atoms with van der Waals surface area (Å²) >= 11 is 1.47. The summed E-state index contributed by atoms with van der Waals surface area (Å²) in [6, 6.07) is 15.5. The van der Waals surface area contributed by atoms with Crippen molar-refractivity contribution in [1.29, 1.82) is 0 Å². The molecule has 0 aliphatic carbocycles. The van der Waals surface area contributed by atoms with Gasteiger partial charge in [0.1, 0.15) is 0 Å². The summed E-state index contributed by atoms with van der Waals surface area (Å²) < 4.78 is 26.5. The van der Waals surface area contributed by atoms with Gasteiger partial charge in [0, 0.05) is 24.4 Å². The lowest BCUT2D eigenvalue weighted by atomic mass is 10.2. The molecule has 0 saturated carbocycles. The van der Waals surface area contributed by atoms with E-state index in [0.717, 1.165) is 18.4 Å². The third kappa shape index (κ3) is 5.62. The number of carbonyl (C=O) groups excluding carboxylic acids is 2. The van der Waals surface area contributed by atoms with Crippen LogP contribution >= 0.6 is 11.8 Å². The number of rotatable bonds is 7. The predicted molar refractivity (Wildman–Crippen MR) is 117 cm³/mol. The highest BCUT2D eigenvalue weighted by Gasteiger charge is 2.27. The normalized spacial score (nSPS) is 15.5. The lowest BCUT2D eigenvalue weighted by Crippen LogP contribution is -2.44. The maximum atomic E-state index is 12.5. The molecule has 0 bridgehead atoms.